The fourth-order valence-electron chi connectivity index (χ4n) is 3.45. The van der Waals surface area contributed by atoms with Gasteiger partial charge in [0.2, 0.25) is 0 Å². The van der Waals surface area contributed by atoms with Crippen molar-refractivity contribution in [3.63, 3.8) is 0 Å². The van der Waals surface area contributed by atoms with E-state index in [0.29, 0.717) is 31.6 Å². The molecule has 0 bridgehead atoms. The van der Waals surface area contributed by atoms with Gasteiger partial charge in [0, 0.05) is 0 Å². The summed E-state index contributed by atoms with van der Waals surface area (Å²) in [7, 11) is 0. The first-order chi connectivity index (χ1) is 13.6. The van der Waals surface area contributed by atoms with Gasteiger partial charge in [-0.05, 0) is 0 Å². The van der Waals surface area contributed by atoms with Crippen LogP contribution in [0.3, 0.4) is 0 Å². The molecule has 4 heteroatoms. The van der Waals surface area contributed by atoms with Gasteiger partial charge in [-0.2, -0.15) is 0 Å². The third-order valence-electron chi connectivity index (χ3n) is 5.15. The van der Waals surface area contributed by atoms with Crippen molar-refractivity contribution in [3.05, 3.63) is 30.3 Å². The maximum absolute atomic E-state index is 10.6. The average molecular weight is 474 g/mol. The third kappa shape index (κ3) is 13.6. The summed E-state index contributed by atoms with van der Waals surface area (Å²) in [6, 6.07) is 10.8. The van der Waals surface area contributed by atoms with E-state index in [9.17, 15) is 4.79 Å². The van der Waals surface area contributed by atoms with Crippen LogP contribution in [0.1, 0.15) is 96.8 Å². The van der Waals surface area contributed by atoms with Crippen LogP contribution in [0.2, 0.25) is 4.82 Å². The van der Waals surface area contributed by atoms with E-state index in [1.807, 2.05) is 0 Å². The van der Waals surface area contributed by atoms with Gasteiger partial charge in [-0.25, -0.2) is 0 Å². The number of unbranched alkanes of at least 4 members (excludes halogenated alkanes) is 9. The Bertz CT molecular complexity index is 495. The molecule has 0 spiro atoms. The molecular formula is C24H39ClO2Se. The normalized spacial score (nSPS) is 13.4. The third-order valence-corrected chi connectivity index (χ3v) is 8.97. The number of hydrogen-bond donors (Lipinski definition) is 1. The first-order valence-electron chi connectivity index (χ1n) is 11.2. The molecule has 0 aliphatic heterocycles. The van der Waals surface area contributed by atoms with E-state index in [2.05, 4.69) is 37.3 Å². The van der Waals surface area contributed by atoms with Crippen molar-refractivity contribution in [2.24, 2.45) is 0 Å². The minimum atomic E-state index is -0.676. The SMILES string of the molecule is CCCCCCCCC(Cl)C(CCCCCCCC(=O)O)[Se]c1ccccc1. The maximum atomic E-state index is 10.6. The van der Waals surface area contributed by atoms with E-state index in [0.717, 1.165) is 25.7 Å². The number of hydrogen-bond acceptors (Lipinski definition) is 1. The number of halogens is 1. The Balaban J connectivity index is 2.33. The van der Waals surface area contributed by atoms with Gasteiger partial charge in [0.25, 0.3) is 0 Å². The van der Waals surface area contributed by atoms with Crippen molar-refractivity contribution in [2.45, 2.75) is 107 Å². The van der Waals surface area contributed by atoms with Gasteiger partial charge in [0.1, 0.15) is 0 Å². The second-order valence-corrected chi connectivity index (χ2v) is 11.1. The molecule has 2 unspecified atom stereocenters. The number of alkyl halides is 1. The second kappa shape index (κ2) is 17.4. The van der Waals surface area contributed by atoms with Crippen molar-refractivity contribution in [1.82, 2.24) is 0 Å². The fourth-order valence-corrected chi connectivity index (χ4v) is 6.58. The molecule has 0 amide bonds. The molecule has 1 rings (SSSR count). The van der Waals surface area contributed by atoms with E-state index in [1.54, 1.807) is 0 Å². The van der Waals surface area contributed by atoms with E-state index >= 15 is 0 Å². The molecular weight excluding hydrogens is 435 g/mol. The summed E-state index contributed by atoms with van der Waals surface area (Å²) >= 11 is 7.31. The molecule has 2 atom stereocenters. The number of benzene rings is 1. The Hall–Kier alpha value is -0.501. The van der Waals surface area contributed by atoms with Gasteiger partial charge in [0.05, 0.1) is 0 Å². The van der Waals surface area contributed by atoms with Crippen LogP contribution >= 0.6 is 11.6 Å². The second-order valence-electron chi connectivity index (χ2n) is 7.74. The Morgan fingerprint density at radius 2 is 1.46 bits per heavy atom. The van der Waals surface area contributed by atoms with E-state index < -0.39 is 5.97 Å². The summed E-state index contributed by atoms with van der Waals surface area (Å²) in [5.74, 6) is -0.676. The van der Waals surface area contributed by atoms with Gasteiger partial charge >= 0.3 is 184 Å². The first kappa shape index (κ1) is 25.5. The quantitative estimate of drug-likeness (QED) is 0.142. The number of carboxylic acid groups (broad SMARTS) is 1. The van der Waals surface area contributed by atoms with Gasteiger partial charge in [-0.3, -0.25) is 0 Å². The van der Waals surface area contributed by atoms with Crippen molar-refractivity contribution in [2.75, 3.05) is 0 Å². The van der Waals surface area contributed by atoms with Crippen molar-refractivity contribution >= 4 is 37.0 Å². The molecule has 160 valence electrons. The number of carbonyl (C=O) groups is 1. The van der Waals surface area contributed by atoms with Crippen molar-refractivity contribution in [1.29, 1.82) is 0 Å². The summed E-state index contributed by atoms with van der Waals surface area (Å²) in [5, 5.41) is 9.00. The van der Waals surface area contributed by atoms with E-state index in [1.165, 1.54) is 62.2 Å². The summed E-state index contributed by atoms with van der Waals surface area (Å²) in [6.45, 7) is 2.26. The van der Waals surface area contributed by atoms with Crippen molar-refractivity contribution in [3.8, 4) is 0 Å². The van der Waals surface area contributed by atoms with Crippen LogP contribution < -0.4 is 4.46 Å². The summed E-state index contributed by atoms with van der Waals surface area (Å²) in [4.78, 5) is 11.2. The number of rotatable bonds is 18. The fraction of sp³-hybridized carbons (Fsp3) is 0.708. The molecule has 2 nitrogen and oxygen atoms in total. The molecule has 0 saturated carbocycles. The Morgan fingerprint density at radius 1 is 0.893 bits per heavy atom. The van der Waals surface area contributed by atoms with Crippen LogP contribution in [0.5, 0.6) is 0 Å². The molecule has 1 aromatic carbocycles. The van der Waals surface area contributed by atoms with Crippen LogP contribution in [-0.4, -0.2) is 31.4 Å². The minimum absolute atomic E-state index is 0.290. The molecule has 0 radical (unpaired) electrons. The molecule has 1 aromatic rings. The molecule has 1 N–H and O–H groups in total. The predicted octanol–water partition coefficient (Wildman–Crippen LogP) is 6.98. The molecule has 0 saturated heterocycles. The van der Waals surface area contributed by atoms with Crippen LogP contribution in [0.25, 0.3) is 0 Å². The van der Waals surface area contributed by atoms with Gasteiger partial charge in [0.15, 0.2) is 0 Å². The molecule has 0 aliphatic rings. The summed E-state index contributed by atoms with van der Waals surface area (Å²) < 4.78 is 1.45. The first-order valence-corrected chi connectivity index (χ1v) is 13.5. The number of carboxylic acids is 1. The Labute approximate surface area is 184 Å². The number of aliphatic carboxylic acids is 1. The van der Waals surface area contributed by atoms with E-state index in [-0.39, 0.29) is 0 Å². The standard InChI is InChI=1S/C24H39ClO2Se/c1-2-3-4-5-7-13-18-22(25)23(28-21-16-11-10-12-17-21)19-14-8-6-9-15-20-24(26)27/h10-12,16-17,22-23H,2-9,13-15,18-20H2,1H3,(H,26,27). The van der Waals surface area contributed by atoms with Gasteiger partial charge in [-0.15, -0.1) is 0 Å². The Kier molecular flexibility index (Phi) is 15.8. The summed E-state index contributed by atoms with van der Waals surface area (Å²) in [6.07, 6.45) is 16.0. The van der Waals surface area contributed by atoms with E-state index in [4.69, 9.17) is 16.7 Å². The molecule has 28 heavy (non-hydrogen) atoms. The van der Waals surface area contributed by atoms with Crippen LogP contribution in [0.15, 0.2) is 30.3 Å². The predicted molar refractivity (Wildman–Crippen MR) is 123 cm³/mol. The van der Waals surface area contributed by atoms with Gasteiger partial charge < -0.3 is 0 Å². The Morgan fingerprint density at radius 3 is 2.11 bits per heavy atom. The molecule has 0 fully saturated rings. The van der Waals surface area contributed by atoms with Crippen LogP contribution in [-0.2, 0) is 4.79 Å². The summed E-state index contributed by atoms with van der Waals surface area (Å²) in [5.41, 5.74) is 0. The van der Waals surface area contributed by atoms with Gasteiger partial charge in [-0.1, -0.05) is 0 Å². The molecule has 0 aliphatic carbocycles. The topological polar surface area (TPSA) is 37.3 Å². The molecule has 0 aromatic heterocycles. The molecule has 0 heterocycles. The van der Waals surface area contributed by atoms with Crippen molar-refractivity contribution < 1.29 is 9.90 Å². The monoisotopic (exact) mass is 474 g/mol. The zero-order valence-corrected chi connectivity index (χ0v) is 20.1. The zero-order chi connectivity index (χ0) is 20.5. The average Bonchev–Trinajstić information content (AvgIpc) is 2.69. The zero-order valence-electron chi connectivity index (χ0n) is 17.6. The van der Waals surface area contributed by atoms with Crippen LogP contribution in [0.4, 0.5) is 0 Å². The van der Waals surface area contributed by atoms with Crippen LogP contribution in [0, 0.1) is 0 Å².